The van der Waals surface area contributed by atoms with Crippen LogP contribution >= 0.6 is 11.8 Å². The molecule has 0 bridgehead atoms. The summed E-state index contributed by atoms with van der Waals surface area (Å²) in [6.07, 6.45) is 2.75. The van der Waals surface area contributed by atoms with Gasteiger partial charge in [-0.25, -0.2) is 4.98 Å². The first-order valence-electron chi connectivity index (χ1n) is 10.0. The molecule has 30 heavy (non-hydrogen) atoms. The second-order valence-corrected chi connectivity index (χ2v) is 8.37. The Bertz CT molecular complexity index is 1260. The molecule has 0 saturated heterocycles. The SMILES string of the molecule is CC(C)n1c(SCC(=O)NCCc2c[nH]c3ccccc23)nc2ccccc2c1=O. The highest BCUT2D eigenvalue weighted by atomic mass is 32.2. The molecule has 2 N–H and O–H groups in total. The number of fused-ring (bicyclic) bond motifs is 2. The van der Waals surface area contributed by atoms with Crippen LogP contribution in [0.4, 0.5) is 0 Å². The van der Waals surface area contributed by atoms with Crippen LogP contribution in [0.3, 0.4) is 0 Å². The normalized spacial score (nSPS) is 11.4. The Morgan fingerprint density at radius 2 is 1.87 bits per heavy atom. The van der Waals surface area contributed by atoms with Crippen LogP contribution in [0.25, 0.3) is 21.8 Å². The number of hydrogen-bond donors (Lipinski definition) is 2. The minimum Gasteiger partial charge on any atom is -0.361 e. The minimum absolute atomic E-state index is 0.0398. The van der Waals surface area contributed by atoms with E-state index in [-0.39, 0.29) is 23.3 Å². The molecule has 0 atom stereocenters. The lowest BCUT2D eigenvalue weighted by atomic mass is 10.1. The average molecular weight is 421 g/mol. The lowest BCUT2D eigenvalue weighted by Crippen LogP contribution is -2.29. The van der Waals surface area contributed by atoms with Gasteiger partial charge in [0.2, 0.25) is 5.91 Å². The van der Waals surface area contributed by atoms with Crippen molar-refractivity contribution in [2.75, 3.05) is 12.3 Å². The van der Waals surface area contributed by atoms with Gasteiger partial charge in [-0.2, -0.15) is 0 Å². The van der Waals surface area contributed by atoms with E-state index in [1.165, 1.54) is 22.7 Å². The van der Waals surface area contributed by atoms with Crippen LogP contribution in [0.1, 0.15) is 25.5 Å². The van der Waals surface area contributed by atoms with E-state index in [9.17, 15) is 9.59 Å². The van der Waals surface area contributed by atoms with Crippen LogP contribution in [-0.4, -0.2) is 32.7 Å². The van der Waals surface area contributed by atoms with Crippen molar-refractivity contribution in [3.05, 3.63) is 70.6 Å². The van der Waals surface area contributed by atoms with E-state index < -0.39 is 0 Å². The van der Waals surface area contributed by atoms with Crippen LogP contribution in [0.15, 0.2) is 64.7 Å². The fourth-order valence-electron chi connectivity index (χ4n) is 3.54. The second-order valence-electron chi connectivity index (χ2n) is 7.43. The highest BCUT2D eigenvalue weighted by Crippen LogP contribution is 2.21. The summed E-state index contributed by atoms with van der Waals surface area (Å²) >= 11 is 1.30. The van der Waals surface area contributed by atoms with E-state index in [1.54, 1.807) is 10.6 Å². The van der Waals surface area contributed by atoms with Gasteiger partial charge in [0.15, 0.2) is 5.16 Å². The maximum absolute atomic E-state index is 12.9. The number of benzene rings is 2. The molecular weight excluding hydrogens is 396 g/mol. The van der Waals surface area contributed by atoms with E-state index in [1.807, 2.05) is 56.4 Å². The lowest BCUT2D eigenvalue weighted by molar-refractivity contribution is -0.118. The summed E-state index contributed by atoms with van der Waals surface area (Å²) in [5.41, 5.74) is 2.87. The molecule has 0 radical (unpaired) electrons. The monoisotopic (exact) mass is 420 g/mol. The van der Waals surface area contributed by atoms with E-state index >= 15 is 0 Å². The number of rotatable bonds is 7. The summed E-state index contributed by atoms with van der Waals surface area (Å²) in [4.78, 5) is 33.1. The molecule has 0 aliphatic rings. The zero-order valence-electron chi connectivity index (χ0n) is 17.0. The molecule has 4 rings (SSSR count). The number of carbonyl (C=O) groups excluding carboxylic acids is 1. The van der Waals surface area contributed by atoms with E-state index in [0.29, 0.717) is 22.6 Å². The van der Waals surface area contributed by atoms with Gasteiger partial charge in [0.1, 0.15) is 0 Å². The summed E-state index contributed by atoms with van der Waals surface area (Å²) in [7, 11) is 0. The fraction of sp³-hybridized carbons (Fsp3) is 0.261. The third-order valence-electron chi connectivity index (χ3n) is 5.02. The van der Waals surface area contributed by atoms with Crippen molar-refractivity contribution >= 4 is 39.5 Å². The molecule has 7 heteroatoms. The number of para-hydroxylation sites is 2. The summed E-state index contributed by atoms with van der Waals surface area (Å²) in [5.74, 6) is 0.142. The minimum atomic E-state index is -0.0717. The van der Waals surface area contributed by atoms with Crippen molar-refractivity contribution in [3.63, 3.8) is 0 Å². The maximum Gasteiger partial charge on any atom is 0.262 e. The zero-order valence-corrected chi connectivity index (χ0v) is 17.8. The molecule has 0 spiro atoms. The largest absolute Gasteiger partial charge is 0.361 e. The van der Waals surface area contributed by atoms with Crippen LogP contribution < -0.4 is 10.9 Å². The Morgan fingerprint density at radius 3 is 2.67 bits per heavy atom. The first-order valence-corrected chi connectivity index (χ1v) is 11.0. The molecule has 0 saturated carbocycles. The summed E-state index contributed by atoms with van der Waals surface area (Å²) < 4.78 is 1.66. The van der Waals surface area contributed by atoms with Gasteiger partial charge in [0, 0.05) is 29.7 Å². The number of nitrogens with zero attached hydrogens (tertiary/aromatic N) is 2. The van der Waals surface area contributed by atoms with Gasteiger partial charge < -0.3 is 10.3 Å². The Hall–Kier alpha value is -3.06. The summed E-state index contributed by atoms with van der Waals surface area (Å²) in [6.45, 7) is 4.45. The molecule has 0 aliphatic heterocycles. The van der Waals surface area contributed by atoms with E-state index in [0.717, 1.165) is 11.9 Å². The van der Waals surface area contributed by atoms with Crippen molar-refractivity contribution in [3.8, 4) is 0 Å². The predicted octanol–water partition coefficient (Wildman–Crippen LogP) is 3.91. The van der Waals surface area contributed by atoms with Gasteiger partial charge in [-0.1, -0.05) is 42.1 Å². The zero-order chi connectivity index (χ0) is 21.1. The van der Waals surface area contributed by atoms with Crippen LogP contribution in [0.2, 0.25) is 0 Å². The second kappa shape index (κ2) is 8.75. The van der Waals surface area contributed by atoms with Crippen LogP contribution in [0, 0.1) is 0 Å². The van der Waals surface area contributed by atoms with E-state index in [2.05, 4.69) is 21.4 Å². The van der Waals surface area contributed by atoms with Crippen molar-refractivity contribution in [1.82, 2.24) is 19.9 Å². The third kappa shape index (κ3) is 4.11. The summed E-state index contributed by atoms with van der Waals surface area (Å²) in [5, 5.41) is 5.32. The molecule has 2 aromatic carbocycles. The van der Waals surface area contributed by atoms with Gasteiger partial charge >= 0.3 is 0 Å². The molecule has 4 aromatic rings. The van der Waals surface area contributed by atoms with Gasteiger partial charge in [0.05, 0.1) is 16.7 Å². The van der Waals surface area contributed by atoms with Crippen LogP contribution in [0.5, 0.6) is 0 Å². The number of aromatic nitrogens is 3. The first-order chi connectivity index (χ1) is 14.5. The standard InChI is InChI=1S/C23H24N4O2S/c1-15(2)27-22(29)18-8-4-6-10-20(18)26-23(27)30-14-21(28)24-12-11-16-13-25-19-9-5-3-7-17(16)19/h3-10,13,15,25H,11-12,14H2,1-2H3,(H,24,28). The topological polar surface area (TPSA) is 79.8 Å². The number of amides is 1. The van der Waals surface area contributed by atoms with Gasteiger partial charge in [-0.15, -0.1) is 0 Å². The fourth-order valence-corrected chi connectivity index (χ4v) is 4.50. The molecule has 154 valence electrons. The molecule has 1 amide bonds. The Balaban J connectivity index is 1.40. The molecule has 2 aromatic heterocycles. The van der Waals surface area contributed by atoms with E-state index in [4.69, 9.17) is 0 Å². The lowest BCUT2D eigenvalue weighted by Gasteiger charge is -2.16. The van der Waals surface area contributed by atoms with Crippen molar-refractivity contribution in [2.24, 2.45) is 0 Å². The molecule has 0 fully saturated rings. The number of aromatic amines is 1. The molecule has 0 aliphatic carbocycles. The quantitative estimate of drug-likeness (QED) is 0.351. The third-order valence-corrected chi connectivity index (χ3v) is 5.97. The molecular formula is C23H24N4O2S. The highest BCUT2D eigenvalue weighted by Gasteiger charge is 2.15. The number of nitrogens with one attached hydrogen (secondary N) is 2. The highest BCUT2D eigenvalue weighted by molar-refractivity contribution is 7.99. The van der Waals surface area contributed by atoms with Crippen molar-refractivity contribution in [1.29, 1.82) is 0 Å². The number of carbonyl (C=O) groups is 1. The van der Waals surface area contributed by atoms with Gasteiger partial charge in [0.25, 0.3) is 5.56 Å². The smallest absolute Gasteiger partial charge is 0.262 e. The molecule has 6 nitrogen and oxygen atoms in total. The molecule has 0 unspecified atom stereocenters. The van der Waals surface area contributed by atoms with Crippen molar-refractivity contribution < 1.29 is 4.79 Å². The number of H-pyrrole nitrogens is 1. The van der Waals surface area contributed by atoms with Gasteiger partial charge in [-0.05, 0) is 44.0 Å². The summed E-state index contributed by atoms with van der Waals surface area (Å²) in [6, 6.07) is 15.4. The van der Waals surface area contributed by atoms with Crippen LogP contribution in [-0.2, 0) is 11.2 Å². The molecule has 2 heterocycles. The number of hydrogen-bond acceptors (Lipinski definition) is 4. The first kappa shape index (κ1) is 20.2. The van der Waals surface area contributed by atoms with Gasteiger partial charge in [-0.3, -0.25) is 14.2 Å². The Morgan fingerprint density at radius 1 is 1.13 bits per heavy atom. The predicted molar refractivity (Wildman–Crippen MR) is 122 cm³/mol. The maximum atomic E-state index is 12.9. The average Bonchev–Trinajstić information content (AvgIpc) is 3.15. The Kier molecular flexibility index (Phi) is 5.90. The van der Waals surface area contributed by atoms with Crippen molar-refractivity contribution in [2.45, 2.75) is 31.5 Å². The Labute approximate surface area is 178 Å². The number of thioether (sulfide) groups is 1.